The number of nitrogens with zero attached hydrogens (tertiary/aromatic N) is 2. The molecule has 0 unspecified atom stereocenters. The third-order valence-corrected chi connectivity index (χ3v) is 3.99. The van der Waals surface area contributed by atoms with E-state index in [0.717, 1.165) is 0 Å². The Morgan fingerprint density at radius 2 is 1.52 bits per heavy atom. The molecule has 1 amide bonds. The number of anilines is 3. The second kappa shape index (κ2) is 7.51. The van der Waals surface area contributed by atoms with Crippen LogP contribution >= 0.6 is 23.2 Å². The van der Waals surface area contributed by atoms with Gasteiger partial charge in [-0.05, 0) is 31.2 Å². The molecule has 1 heterocycles. The van der Waals surface area contributed by atoms with Crippen LogP contribution in [0.4, 0.5) is 17.2 Å². The highest BCUT2D eigenvalue weighted by Gasteiger charge is 2.13. The molecule has 0 aliphatic rings. The van der Waals surface area contributed by atoms with Gasteiger partial charge in [0.1, 0.15) is 17.3 Å². The third kappa shape index (κ3) is 4.26. The highest BCUT2D eigenvalue weighted by atomic mass is 35.5. The van der Waals surface area contributed by atoms with Gasteiger partial charge in [-0.25, -0.2) is 9.97 Å². The summed E-state index contributed by atoms with van der Waals surface area (Å²) in [6, 6.07) is 15.8. The molecular formula is C18H14Cl2N4O. The fourth-order valence-corrected chi connectivity index (χ4v) is 2.56. The molecule has 0 aliphatic carbocycles. The van der Waals surface area contributed by atoms with Crippen LogP contribution in [0.3, 0.4) is 0 Å². The summed E-state index contributed by atoms with van der Waals surface area (Å²) >= 11 is 12.2. The molecule has 2 N–H and O–H groups in total. The largest absolute Gasteiger partial charge is 0.339 e. The van der Waals surface area contributed by atoms with Crippen molar-refractivity contribution in [3.8, 4) is 0 Å². The Hall–Kier alpha value is -2.63. The Kier molecular flexibility index (Phi) is 5.16. The Morgan fingerprint density at radius 3 is 2.16 bits per heavy atom. The van der Waals surface area contributed by atoms with Crippen molar-refractivity contribution in [3.05, 3.63) is 76.2 Å². The van der Waals surface area contributed by atoms with Gasteiger partial charge in [0.2, 0.25) is 0 Å². The van der Waals surface area contributed by atoms with Crippen molar-refractivity contribution in [2.75, 3.05) is 10.6 Å². The number of carbonyl (C=O) groups is 1. The molecule has 0 saturated carbocycles. The van der Waals surface area contributed by atoms with E-state index in [4.69, 9.17) is 23.2 Å². The van der Waals surface area contributed by atoms with Crippen molar-refractivity contribution in [1.82, 2.24) is 9.97 Å². The van der Waals surface area contributed by atoms with Crippen LogP contribution in [0.5, 0.6) is 0 Å². The smallest absolute Gasteiger partial charge is 0.274 e. The van der Waals surface area contributed by atoms with E-state index in [1.165, 1.54) is 0 Å². The Labute approximate surface area is 155 Å². The molecule has 2 aromatic carbocycles. The Balaban J connectivity index is 1.85. The van der Waals surface area contributed by atoms with E-state index in [0.29, 0.717) is 33.1 Å². The highest BCUT2D eigenvalue weighted by molar-refractivity contribution is 6.34. The number of halogens is 2. The molecule has 3 rings (SSSR count). The van der Waals surface area contributed by atoms with Gasteiger partial charge in [-0.2, -0.15) is 0 Å². The van der Waals surface area contributed by atoms with Crippen LogP contribution in [-0.2, 0) is 0 Å². The predicted molar refractivity (Wildman–Crippen MR) is 101 cm³/mol. The van der Waals surface area contributed by atoms with Gasteiger partial charge in [0.05, 0.1) is 21.4 Å². The van der Waals surface area contributed by atoms with Gasteiger partial charge in [0.15, 0.2) is 0 Å². The number of amides is 1. The van der Waals surface area contributed by atoms with E-state index < -0.39 is 0 Å². The molecule has 0 saturated heterocycles. The average Bonchev–Trinajstić information content (AvgIpc) is 2.58. The lowest BCUT2D eigenvalue weighted by molar-refractivity contribution is 0.102. The minimum absolute atomic E-state index is 0.224. The van der Waals surface area contributed by atoms with Crippen molar-refractivity contribution in [2.45, 2.75) is 6.92 Å². The van der Waals surface area contributed by atoms with E-state index in [2.05, 4.69) is 20.6 Å². The lowest BCUT2D eigenvalue weighted by atomic mass is 10.3. The standard InChI is InChI=1S/C18H14Cl2N4O/c1-11-21-16(18(25)24-15-9-5-3-7-13(15)20)10-17(22-11)23-14-8-4-2-6-12(14)19/h2-10H,1H3,(H,24,25)(H,21,22,23). The van der Waals surface area contributed by atoms with Crippen LogP contribution in [0.1, 0.15) is 16.3 Å². The zero-order chi connectivity index (χ0) is 17.8. The van der Waals surface area contributed by atoms with Crippen LogP contribution in [0, 0.1) is 6.92 Å². The molecule has 0 fully saturated rings. The molecule has 0 aliphatic heterocycles. The summed E-state index contributed by atoms with van der Waals surface area (Å²) in [5.41, 5.74) is 1.44. The molecule has 5 nitrogen and oxygen atoms in total. The summed E-state index contributed by atoms with van der Waals surface area (Å²) in [6.45, 7) is 1.71. The average molecular weight is 373 g/mol. The van der Waals surface area contributed by atoms with E-state index in [9.17, 15) is 4.79 Å². The molecule has 0 spiro atoms. The molecule has 126 valence electrons. The summed E-state index contributed by atoms with van der Waals surface area (Å²) in [6.07, 6.45) is 0. The van der Waals surface area contributed by atoms with Crippen molar-refractivity contribution in [2.24, 2.45) is 0 Å². The first-order chi connectivity index (χ1) is 12.0. The Bertz CT molecular complexity index is 930. The van der Waals surface area contributed by atoms with E-state index in [1.807, 2.05) is 18.2 Å². The van der Waals surface area contributed by atoms with Crippen molar-refractivity contribution < 1.29 is 4.79 Å². The van der Waals surface area contributed by atoms with Crippen LogP contribution in [-0.4, -0.2) is 15.9 Å². The molecule has 25 heavy (non-hydrogen) atoms. The summed E-state index contributed by atoms with van der Waals surface area (Å²) in [5, 5.41) is 6.85. The van der Waals surface area contributed by atoms with Crippen LogP contribution in [0.2, 0.25) is 10.0 Å². The zero-order valence-corrected chi connectivity index (χ0v) is 14.8. The number of nitrogens with one attached hydrogen (secondary N) is 2. The fraction of sp³-hybridized carbons (Fsp3) is 0.0556. The topological polar surface area (TPSA) is 66.9 Å². The second-order valence-electron chi connectivity index (χ2n) is 5.22. The maximum atomic E-state index is 12.5. The lowest BCUT2D eigenvalue weighted by Gasteiger charge is -2.10. The minimum atomic E-state index is -0.374. The van der Waals surface area contributed by atoms with Gasteiger partial charge in [-0.3, -0.25) is 4.79 Å². The first kappa shape index (κ1) is 17.2. The molecule has 0 radical (unpaired) electrons. The number of benzene rings is 2. The summed E-state index contributed by atoms with van der Waals surface area (Å²) in [5.74, 6) is 0.562. The van der Waals surface area contributed by atoms with E-state index in [1.54, 1.807) is 43.3 Å². The molecule has 1 aromatic heterocycles. The van der Waals surface area contributed by atoms with Gasteiger partial charge < -0.3 is 10.6 Å². The van der Waals surface area contributed by atoms with E-state index >= 15 is 0 Å². The molecule has 3 aromatic rings. The van der Waals surface area contributed by atoms with Gasteiger partial charge in [-0.1, -0.05) is 47.5 Å². The number of hydrogen-bond acceptors (Lipinski definition) is 4. The van der Waals surface area contributed by atoms with Crippen LogP contribution in [0.15, 0.2) is 54.6 Å². The third-order valence-electron chi connectivity index (χ3n) is 3.33. The number of aromatic nitrogens is 2. The fourth-order valence-electron chi connectivity index (χ4n) is 2.20. The Morgan fingerprint density at radius 1 is 0.920 bits per heavy atom. The quantitative estimate of drug-likeness (QED) is 0.669. The second-order valence-corrected chi connectivity index (χ2v) is 6.04. The van der Waals surface area contributed by atoms with Crippen LogP contribution < -0.4 is 10.6 Å². The van der Waals surface area contributed by atoms with E-state index in [-0.39, 0.29) is 11.6 Å². The predicted octanol–water partition coefficient (Wildman–Crippen LogP) is 5.09. The molecule has 7 heteroatoms. The number of hydrogen-bond donors (Lipinski definition) is 2. The molecule has 0 atom stereocenters. The first-order valence-electron chi connectivity index (χ1n) is 7.46. The maximum absolute atomic E-state index is 12.5. The number of carbonyl (C=O) groups excluding carboxylic acids is 1. The summed E-state index contributed by atoms with van der Waals surface area (Å²) in [7, 11) is 0. The van der Waals surface area contributed by atoms with Gasteiger partial charge in [-0.15, -0.1) is 0 Å². The van der Waals surface area contributed by atoms with Crippen LogP contribution in [0.25, 0.3) is 0 Å². The number of rotatable bonds is 4. The van der Waals surface area contributed by atoms with Crippen molar-refractivity contribution >= 4 is 46.3 Å². The summed E-state index contributed by atoms with van der Waals surface area (Å²) < 4.78 is 0. The SMILES string of the molecule is Cc1nc(Nc2ccccc2Cl)cc(C(=O)Nc2ccccc2Cl)n1. The zero-order valence-electron chi connectivity index (χ0n) is 13.3. The highest BCUT2D eigenvalue weighted by Crippen LogP contribution is 2.25. The van der Waals surface area contributed by atoms with Gasteiger partial charge >= 0.3 is 0 Å². The number of para-hydroxylation sites is 2. The molecular weight excluding hydrogens is 359 g/mol. The summed E-state index contributed by atoms with van der Waals surface area (Å²) in [4.78, 5) is 21.0. The van der Waals surface area contributed by atoms with Crippen molar-refractivity contribution in [3.63, 3.8) is 0 Å². The van der Waals surface area contributed by atoms with Gasteiger partial charge in [0.25, 0.3) is 5.91 Å². The monoisotopic (exact) mass is 372 g/mol. The first-order valence-corrected chi connectivity index (χ1v) is 8.21. The number of aryl methyl sites for hydroxylation is 1. The minimum Gasteiger partial charge on any atom is -0.339 e. The maximum Gasteiger partial charge on any atom is 0.274 e. The van der Waals surface area contributed by atoms with Gasteiger partial charge in [0, 0.05) is 6.07 Å². The lowest BCUT2D eigenvalue weighted by Crippen LogP contribution is -2.15. The molecule has 0 bridgehead atoms. The van der Waals surface area contributed by atoms with Crippen molar-refractivity contribution in [1.29, 1.82) is 0 Å². The normalized spacial score (nSPS) is 10.4.